The molecule has 1 rings (SSSR count). The molecule has 0 fully saturated rings. The van der Waals surface area contributed by atoms with E-state index in [2.05, 4.69) is 11.9 Å². The Hall–Kier alpha value is -1.05. The summed E-state index contributed by atoms with van der Waals surface area (Å²) in [5, 5.41) is 0. The summed E-state index contributed by atoms with van der Waals surface area (Å²) in [5.74, 6) is 0.219. The number of rotatable bonds is 4. The molecule has 0 aliphatic heterocycles. The van der Waals surface area contributed by atoms with Gasteiger partial charge in [-0.25, -0.2) is 0 Å². The van der Waals surface area contributed by atoms with Gasteiger partial charge in [-0.15, -0.1) is 0 Å². The molecule has 0 aliphatic carbocycles. The number of hydrogen-bond donors (Lipinski definition) is 1. The number of aromatic nitrogens is 1. The summed E-state index contributed by atoms with van der Waals surface area (Å²) in [4.78, 5) is 14.1. The summed E-state index contributed by atoms with van der Waals surface area (Å²) < 4.78 is 0. The van der Waals surface area contributed by atoms with E-state index in [-0.39, 0.29) is 5.78 Å². The summed E-state index contributed by atoms with van der Waals surface area (Å²) in [6, 6.07) is 3.66. The molecule has 0 unspecified atom stereocenters. The van der Waals surface area contributed by atoms with Crippen molar-refractivity contribution in [1.29, 1.82) is 0 Å². The van der Waals surface area contributed by atoms with Crippen LogP contribution in [-0.2, 0) is 0 Å². The monoisotopic (exact) mass is 151 g/mol. The fourth-order valence-electron chi connectivity index (χ4n) is 0.976. The number of H-pyrrole nitrogens is 1. The van der Waals surface area contributed by atoms with E-state index in [0.29, 0.717) is 6.42 Å². The van der Waals surface area contributed by atoms with Crippen LogP contribution in [0.2, 0.25) is 0 Å². The van der Waals surface area contributed by atoms with Crippen LogP contribution in [0.4, 0.5) is 0 Å². The van der Waals surface area contributed by atoms with E-state index >= 15 is 0 Å². The molecule has 1 N–H and O–H groups in total. The lowest BCUT2D eigenvalue weighted by molar-refractivity contribution is 0.0975. The van der Waals surface area contributed by atoms with Gasteiger partial charge < -0.3 is 4.98 Å². The third-order valence-corrected chi connectivity index (χ3v) is 1.66. The molecule has 1 aromatic rings. The number of hydrogen-bond acceptors (Lipinski definition) is 1. The molecule has 0 spiro atoms. The number of ketones is 1. The van der Waals surface area contributed by atoms with Gasteiger partial charge >= 0.3 is 0 Å². The SMILES string of the molecule is CCCCC(=O)c1ccc[nH]1. The van der Waals surface area contributed by atoms with Crippen LogP contribution >= 0.6 is 0 Å². The van der Waals surface area contributed by atoms with Crippen molar-refractivity contribution in [1.82, 2.24) is 4.98 Å². The zero-order valence-electron chi connectivity index (χ0n) is 6.76. The van der Waals surface area contributed by atoms with Gasteiger partial charge in [0.05, 0.1) is 5.69 Å². The summed E-state index contributed by atoms with van der Waals surface area (Å²) >= 11 is 0. The molecular weight excluding hydrogens is 138 g/mol. The Labute approximate surface area is 66.6 Å². The van der Waals surface area contributed by atoms with Crippen molar-refractivity contribution in [3.8, 4) is 0 Å². The van der Waals surface area contributed by atoms with Crippen LogP contribution in [0.15, 0.2) is 18.3 Å². The quantitative estimate of drug-likeness (QED) is 0.658. The molecule has 0 atom stereocenters. The van der Waals surface area contributed by atoms with E-state index in [1.165, 1.54) is 0 Å². The maximum absolute atomic E-state index is 11.2. The maximum Gasteiger partial charge on any atom is 0.178 e. The molecule has 0 amide bonds. The van der Waals surface area contributed by atoms with Crippen LogP contribution < -0.4 is 0 Å². The summed E-state index contributed by atoms with van der Waals surface area (Å²) in [6.45, 7) is 2.09. The highest BCUT2D eigenvalue weighted by Gasteiger charge is 2.03. The average molecular weight is 151 g/mol. The lowest BCUT2D eigenvalue weighted by Crippen LogP contribution is -1.98. The van der Waals surface area contributed by atoms with E-state index in [4.69, 9.17) is 0 Å². The Balaban J connectivity index is 2.43. The van der Waals surface area contributed by atoms with Crippen molar-refractivity contribution < 1.29 is 4.79 Å². The van der Waals surface area contributed by atoms with Gasteiger partial charge in [-0.2, -0.15) is 0 Å². The van der Waals surface area contributed by atoms with Gasteiger partial charge in [-0.3, -0.25) is 4.79 Å². The van der Waals surface area contributed by atoms with Crippen molar-refractivity contribution >= 4 is 5.78 Å². The predicted octanol–water partition coefficient (Wildman–Crippen LogP) is 2.39. The van der Waals surface area contributed by atoms with Gasteiger partial charge in [0.15, 0.2) is 5.78 Å². The minimum Gasteiger partial charge on any atom is -0.359 e. The minimum atomic E-state index is 0.219. The predicted molar refractivity (Wildman–Crippen MR) is 44.6 cm³/mol. The largest absolute Gasteiger partial charge is 0.359 e. The Morgan fingerprint density at radius 1 is 1.64 bits per heavy atom. The molecule has 0 bridgehead atoms. The number of Topliss-reactive ketones (excluding diaryl/α,β-unsaturated/α-hetero) is 1. The zero-order chi connectivity index (χ0) is 8.10. The summed E-state index contributed by atoms with van der Waals surface area (Å²) in [7, 11) is 0. The lowest BCUT2D eigenvalue weighted by atomic mass is 10.1. The summed E-state index contributed by atoms with van der Waals surface area (Å²) in [5.41, 5.74) is 0.735. The minimum absolute atomic E-state index is 0.219. The van der Waals surface area contributed by atoms with Crippen LogP contribution in [-0.4, -0.2) is 10.8 Å². The van der Waals surface area contributed by atoms with E-state index in [1.54, 1.807) is 6.20 Å². The van der Waals surface area contributed by atoms with E-state index in [0.717, 1.165) is 18.5 Å². The van der Waals surface area contributed by atoms with Crippen molar-refractivity contribution in [2.75, 3.05) is 0 Å². The van der Waals surface area contributed by atoms with E-state index in [1.807, 2.05) is 12.1 Å². The molecule has 0 aliphatic rings. The van der Waals surface area contributed by atoms with Crippen LogP contribution in [0.5, 0.6) is 0 Å². The Morgan fingerprint density at radius 3 is 3.00 bits per heavy atom. The number of nitrogens with one attached hydrogen (secondary N) is 1. The molecule has 2 heteroatoms. The second-order valence-corrected chi connectivity index (χ2v) is 2.61. The summed E-state index contributed by atoms with van der Waals surface area (Å²) in [6.07, 6.45) is 4.50. The van der Waals surface area contributed by atoms with E-state index < -0.39 is 0 Å². The normalized spacial score (nSPS) is 9.91. The highest BCUT2D eigenvalue weighted by atomic mass is 16.1. The first kappa shape index (κ1) is 8.05. The highest BCUT2D eigenvalue weighted by Crippen LogP contribution is 2.03. The standard InChI is InChI=1S/C9H13NO/c1-2-3-6-9(11)8-5-4-7-10-8/h4-5,7,10H,2-3,6H2,1H3. The second kappa shape index (κ2) is 3.96. The molecular formula is C9H13NO. The van der Waals surface area contributed by atoms with Gasteiger partial charge in [0.2, 0.25) is 0 Å². The van der Waals surface area contributed by atoms with Gasteiger partial charge in [0, 0.05) is 12.6 Å². The van der Waals surface area contributed by atoms with Gasteiger partial charge in [0.25, 0.3) is 0 Å². The first-order valence-electron chi connectivity index (χ1n) is 4.01. The molecule has 0 saturated heterocycles. The molecule has 1 aromatic heterocycles. The number of aromatic amines is 1. The Morgan fingerprint density at radius 2 is 2.45 bits per heavy atom. The smallest absolute Gasteiger partial charge is 0.178 e. The lowest BCUT2D eigenvalue weighted by Gasteiger charge is -1.94. The molecule has 2 nitrogen and oxygen atoms in total. The van der Waals surface area contributed by atoms with Crippen molar-refractivity contribution in [3.63, 3.8) is 0 Å². The van der Waals surface area contributed by atoms with Crippen LogP contribution in [0.3, 0.4) is 0 Å². The average Bonchev–Trinajstić information content (AvgIpc) is 2.52. The van der Waals surface area contributed by atoms with Gasteiger partial charge in [0.1, 0.15) is 0 Å². The van der Waals surface area contributed by atoms with Crippen LogP contribution in [0, 0.1) is 0 Å². The topological polar surface area (TPSA) is 32.9 Å². The Bertz CT molecular complexity index is 213. The maximum atomic E-state index is 11.2. The zero-order valence-corrected chi connectivity index (χ0v) is 6.76. The van der Waals surface area contributed by atoms with Crippen molar-refractivity contribution in [3.05, 3.63) is 24.0 Å². The molecule has 11 heavy (non-hydrogen) atoms. The van der Waals surface area contributed by atoms with Crippen molar-refractivity contribution in [2.45, 2.75) is 26.2 Å². The third kappa shape index (κ3) is 2.22. The fourth-order valence-corrected chi connectivity index (χ4v) is 0.976. The fraction of sp³-hybridized carbons (Fsp3) is 0.444. The first-order valence-corrected chi connectivity index (χ1v) is 4.01. The van der Waals surface area contributed by atoms with Crippen LogP contribution in [0.1, 0.15) is 36.7 Å². The third-order valence-electron chi connectivity index (χ3n) is 1.66. The molecule has 1 heterocycles. The van der Waals surface area contributed by atoms with Crippen LogP contribution in [0.25, 0.3) is 0 Å². The Kier molecular flexibility index (Phi) is 2.90. The second-order valence-electron chi connectivity index (χ2n) is 2.61. The van der Waals surface area contributed by atoms with Gasteiger partial charge in [-0.05, 0) is 18.6 Å². The molecule has 0 aromatic carbocycles. The first-order chi connectivity index (χ1) is 5.34. The number of carbonyl (C=O) groups excluding carboxylic acids is 1. The van der Waals surface area contributed by atoms with Crippen molar-refractivity contribution in [2.24, 2.45) is 0 Å². The number of unbranched alkanes of at least 4 members (excludes halogenated alkanes) is 1. The molecule has 60 valence electrons. The van der Waals surface area contributed by atoms with Gasteiger partial charge in [-0.1, -0.05) is 13.3 Å². The molecule has 0 radical (unpaired) electrons. The molecule has 0 saturated carbocycles. The number of carbonyl (C=O) groups is 1. The van der Waals surface area contributed by atoms with E-state index in [9.17, 15) is 4.79 Å². The highest BCUT2D eigenvalue weighted by molar-refractivity contribution is 5.94.